The maximum absolute atomic E-state index is 2.41. The number of fused-ring (bicyclic) bond motifs is 4. The van der Waals surface area contributed by atoms with E-state index in [1.807, 2.05) is 11.3 Å². The van der Waals surface area contributed by atoms with E-state index >= 15 is 0 Å². The maximum Gasteiger partial charge on any atom is 0.0540 e. The van der Waals surface area contributed by atoms with E-state index in [9.17, 15) is 0 Å². The van der Waals surface area contributed by atoms with Crippen molar-refractivity contribution in [3.63, 3.8) is 0 Å². The van der Waals surface area contributed by atoms with Gasteiger partial charge in [0.2, 0.25) is 0 Å². The zero-order valence-corrected chi connectivity index (χ0v) is 30.4. The van der Waals surface area contributed by atoms with E-state index < -0.39 is 0 Å². The van der Waals surface area contributed by atoms with Crippen molar-refractivity contribution < 1.29 is 0 Å². The van der Waals surface area contributed by atoms with Crippen molar-refractivity contribution in [2.75, 3.05) is 4.90 Å². The summed E-state index contributed by atoms with van der Waals surface area (Å²) in [6, 6.07) is 77.1. The van der Waals surface area contributed by atoms with Gasteiger partial charge in [0.1, 0.15) is 0 Å². The normalized spacial score (nSPS) is 11.3. The van der Waals surface area contributed by atoms with E-state index in [4.69, 9.17) is 0 Å². The summed E-state index contributed by atoms with van der Waals surface area (Å²) in [4.78, 5) is 2.41. The number of hydrogen-bond donors (Lipinski definition) is 0. The van der Waals surface area contributed by atoms with Gasteiger partial charge in [-0.25, -0.2) is 0 Å². The number of hydrogen-bond acceptors (Lipinski definition) is 2. The summed E-state index contributed by atoms with van der Waals surface area (Å²) >= 11 is 1.86. The van der Waals surface area contributed by atoms with E-state index in [1.54, 1.807) is 0 Å². The number of rotatable bonds is 7. The average Bonchev–Trinajstić information content (AvgIpc) is 3.64. The molecule has 1 heterocycles. The Hall–Kier alpha value is -6.74. The third-order valence-electron chi connectivity index (χ3n) is 10.5. The van der Waals surface area contributed by atoms with Crippen molar-refractivity contribution in [1.82, 2.24) is 0 Å². The lowest BCUT2D eigenvalue weighted by Gasteiger charge is -2.28. The summed E-state index contributed by atoms with van der Waals surface area (Å²) in [5.74, 6) is 0. The quantitative estimate of drug-likeness (QED) is 0.160. The second kappa shape index (κ2) is 13.7. The van der Waals surface area contributed by atoms with Crippen LogP contribution in [0, 0.1) is 0 Å². The summed E-state index contributed by atoms with van der Waals surface area (Å²) in [6.45, 7) is 0. The summed E-state index contributed by atoms with van der Waals surface area (Å²) in [5, 5.41) is 5.14. The van der Waals surface area contributed by atoms with Crippen molar-refractivity contribution in [1.29, 1.82) is 0 Å². The first-order chi connectivity index (χ1) is 26.8. The Morgan fingerprint density at radius 3 is 1.54 bits per heavy atom. The van der Waals surface area contributed by atoms with Crippen LogP contribution in [0.5, 0.6) is 0 Å². The second-order valence-corrected chi connectivity index (χ2v) is 14.8. The molecule has 2 heteroatoms. The second-order valence-electron chi connectivity index (χ2n) is 13.7. The highest BCUT2D eigenvalue weighted by molar-refractivity contribution is 7.25. The molecule has 9 aromatic carbocycles. The minimum atomic E-state index is 1.11. The Kier molecular flexibility index (Phi) is 8.09. The largest absolute Gasteiger partial charge is 0.310 e. The highest BCUT2D eigenvalue weighted by atomic mass is 32.1. The fraction of sp³-hybridized carbons (Fsp3) is 0. The van der Waals surface area contributed by atoms with Gasteiger partial charge in [-0.15, -0.1) is 11.3 Å². The van der Waals surface area contributed by atoms with Crippen molar-refractivity contribution in [2.24, 2.45) is 0 Å². The van der Waals surface area contributed by atoms with Gasteiger partial charge in [-0.3, -0.25) is 0 Å². The smallest absolute Gasteiger partial charge is 0.0540 e. The van der Waals surface area contributed by atoms with Crippen LogP contribution >= 0.6 is 11.3 Å². The minimum Gasteiger partial charge on any atom is -0.310 e. The summed E-state index contributed by atoms with van der Waals surface area (Å²) in [5.41, 5.74) is 13.0. The van der Waals surface area contributed by atoms with Crippen LogP contribution in [0.25, 0.3) is 75.5 Å². The molecule has 0 aliphatic carbocycles. The zero-order chi connectivity index (χ0) is 35.8. The minimum absolute atomic E-state index is 1.11. The molecule has 0 aliphatic rings. The van der Waals surface area contributed by atoms with Gasteiger partial charge in [0, 0.05) is 37.1 Å². The lowest BCUT2D eigenvalue weighted by molar-refractivity contribution is 1.28. The van der Waals surface area contributed by atoms with Crippen LogP contribution in [0.3, 0.4) is 0 Å². The lowest BCUT2D eigenvalue weighted by Crippen LogP contribution is -2.11. The van der Waals surface area contributed by atoms with Crippen molar-refractivity contribution in [2.45, 2.75) is 0 Å². The summed E-state index contributed by atoms with van der Waals surface area (Å²) in [7, 11) is 0. The molecule has 0 bridgehead atoms. The van der Waals surface area contributed by atoms with Crippen molar-refractivity contribution >= 4 is 59.3 Å². The fourth-order valence-corrected chi connectivity index (χ4v) is 8.92. The average molecular weight is 706 g/mol. The first-order valence-corrected chi connectivity index (χ1v) is 19.2. The molecule has 1 aromatic heterocycles. The van der Waals surface area contributed by atoms with Crippen LogP contribution < -0.4 is 4.90 Å². The van der Waals surface area contributed by atoms with E-state index in [2.05, 4.69) is 217 Å². The molecule has 0 aliphatic heterocycles. The van der Waals surface area contributed by atoms with Gasteiger partial charge in [0.25, 0.3) is 0 Å². The van der Waals surface area contributed by atoms with Gasteiger partial charge in [-0.1, -0.05) is 164 Å². The number of anilines is 3. The molecule has 0 atom stereocenters. The molecule has 0 amide bonds. The maximum atomic E-state index is 2.41. The Morgan fingerprint density at radius 2 is 0.815 bits per heavy atom. The zero-order valence-electron chi connectivity index (χ0n) is 29.6. The van der Waals surface area contributed by atoms with Gasteiger partial charge < -0.3 is 4.90 Å². The lowest BCUT2D eigenvalue weighted by atomic mass is 9.96. The van der Waals surface area contributed by atoms with Gasteiger partial charge in [0.05, 0.1) is 5.69 Å². The first-order valence-electron chi connectivity index (χ1n) is 18.4. The third-order valence-corrected chi connectivity index (χ3v) is 11.6. The number of nitrogens with zero attached hydrogens (tertiary/aromatic N) is 1. The standard InChI is InChI=1S/C52H35NS/c1-2-11-36(12-3-1)39-27-31-44(32-28-39)53(49-18-8-6-15-46(49)47-17-10-20-51-52(47)48-16-7-9-19-50(48)54-51)45-33-29-40(30-34-45)38-21-23-41(24-22-38)43-26-25-37-13-4-5-14-42(37)35-43/h1-35H. The topological polar surface area (TPSA) is 3.24 Å². The summed E-state index contributed by atoms with van der Waals surface area (Å²) in [6.07, 6.45) is 0. The molecular weight excluding hydrogens is 671 g/mol. The number of thiophene rings is 1. The number of para-hydroxylation sites is 1. The third kappa shape index (κ3) is 5.84. The molecule has 10 rings (SSSR count). The highest BCUT2D eigenvalue weighted by Crippen LogP contribution is 2.46. The Morgan fingerprint density at radius 1 is 0.315 bits per heavy atom. The van der Waals surface area contributed by atoms with E-state index in [0.29, 0.717) is 0 Å². The molecule has 0 N–H and O–H groups in total. The van der Waals surface area contributed by atoms with Crippen LogP contribution in [0.2, 0.25) is 0 Å². The SMILES string of the molecule is c1ccc(-c2ccc(N(c3ccc(-c4ccc(-c5ccc6ccccc6c5)cc4)cc3)c3ccccc3-c3cccc4sc5ccccc5c34)cc2)cc1. The van der Waals surface area contributed by atoms with E-state index in [-0.39, 0.29) is 0 Å². The molecule has 0 unspecified atom stereocenters. The monoisotopic (exact) mass is 705 g/mol. The molecule has 0 spiro atoms. The van der Waals surface area contributed by atoms with Crippen LogP contribution in [-0.2, 0) is 0 Å². The van der Waals surface area contributed by atoms with Gasteiger partial charge in [-0.2, -0.15) is 0 Å². The van der Waals surface area contributed by atoms with Gasteiger partial charge in [-0.05, 0) is 98.2 Å². The van der Waals surface area contributed by atoms with E-state index in [0.717, 1.165) is 17.1 Å². The Bertz CT molecular complexity index is 2900. The first kappa shape index (κ1) is 32.0. The van der Waals surface area contributed by atoms with Crippen LogP contribution in [0.4, 0.5) is 17.1 Å². The van der Waals surface area contributed by atoms with Crippen molar-refractivity contribution in [3.05, 3.63) is 212 Å². The molecule has 54 heavy (non-hydrogen) atoms. The predicted molar refractivity (Wildman–Crippen MR) is 233 cm³/mol. The van der Waals surface area contributed by atoms with Crippen LogP contribution in [-0.4, -0.2) is 0 Å². The highest BCUT2D eigenvalue weighted by Gasteiger charge is 2.20. The number of benzene rings is 9. The fourth-order valence-electron chi connectivity index (χ4n) is 7.78. The van der Waals surface area contributed by atoms with E-state index in [1.165, 1.54) is 75.5 Å². The molecular formula is C52H35NS. The molecule has 0 fully saturated rings. The van der Waals surface area contributed by atoms with Gasteiger partial charge in [0.15, 0.2) is 0 Å². The molecule has 1 nitrogen and oxygen atoms in total. The predicted octanol–water partition coefficient (Wildman–Crippen LogP) is 15.3. The Labute approximate surface area is 319 Å². The molecule has 0 saturated heterocycles. The molecule has 0 radical (unpaired) electrons. The molecule has 0 saturated carbocycles. The molecule has 254 valence electrons. The van der Waals surface area contributed by atoms with Gasteiger partial charge >= 0.3 is 0 Å². The molecule has 10 aromatic rings. The van der Waals surface area contributed by atoms with Crippen LogP contribution in [0.1, 0.15) is 0 Å². The summed E-state index contributed by atoms with van der Waals surface area (Å²) < 4.78 is 2.62. The van der Waals surface area contributed by atoms with Crippen LogP contribution in [0.15, 0.2) is 212 Å². The van der Waals surface area contributed by atoms with Crippen molar-refractivity contribution in [3.8, 4) is 44.5 Å². The Balaban J connectivity index is 1.06.